The molecule has 3 aromatic heterocycles. The van der Waals surface area contributed by atoms with Crippen molar-refractivity contribution in [2.45, 2.75) is 48.2 Å². The first-order chi connectivity index (χ1) is 10.9. The van der Waals surface area contributed by atoms with Crippen molar-refractivity contribution >= 4 is 33.4 Å². The van der Waals surface area contributed by atoms with Crippen molar-refractivity contribution in [1.82, 2.24) is 30.2 Å². The van der Waals surface area contributed by atoms with Crippen molar-refractivity contribution < 1.29 is 0 Å². The predicted octanol–water partition coefficient (Wildman–Crippen LogP) is 3.48. The van der Waals surface area contributed by atoms with E-state index >= 15 is 0 Å². The number of pyridine rings is 1. The monoisotopic (exact) mass is 332 g/mol. The summed E-state index contributed by atoms with van der Waals surface area (Å²) in [5, 5.41) is 12.3. The second-order valence-electron chi connectivity index (χ2n) is 5.43. The van der Waals surface area contributed by atoms with Gasteiger partial charge in [-0.05, 0) is 35.4 Å². The predicted molar refractivity (Wildman–Crippen MR) is 86.9 cm³/mol. The van der Waals surface area contributed by atoms with Crippen LogP contribution in [0.5, 0.6) is 0 Å². The van der Waals surface area contributed by atoms with Crippen LogP contribution in [-0.4, -0.2) is 30.2 Å². The van der Waals surface area contributed by atoms with Gasteiger partial charge >= 0.3 is 0 Å². The minimum atomic E-state index is 0.469. The lowest BCUT2D eigenvalue weighted by Crippen LogP contribution is -2.16. The van der Waals surface area contributed by atoms with Gasteiger partial charge in [-0.1, -0.05) is 42.4 Å². The molecule has 1 fully saturated rings. The van der Waals surface area contributed by atoms with Gasteiger partial charge < -0.3 is 0 Å². The molecule has 4 rings (SSSR count). The van der Waals surface area contributed by atoms with E-state index in [1.54, 1.807) is 29.3 Å². The highest BCUT2D eigenvalue weighted by molar-refractivity contribution is 8.00. The Kier molecular flexibility index (Phi) is 4.03. The molecule has 3 aromatic rings. The highest BCUT2D eigenvalue weighted by Crippen LogP contribution is 2.32. The summed E-state index contributed by atoms with van der Waals surface area (Å²) in [7, 11) is 0. The second kappa shape index (κ2) is 6.29. The molecule has 0 N–H and O–H groups in total. The average molecular weight is 332 g/mol. The number of fused-ring (bicyclic) bond motifs is 1. The highest BCUT2D eigenvalue weighted by atomic mass is 32.2. The molecule has 6 nitrogen and oxygen atoms in total. The van der Waals surface area contributed by atoms with Crippen LogP contribution in [0.25, 0.3) is 10.3 Å². The lowest BCUT2D eigenvalue weighted by molar-refractivity contribution is 0.319. The molecule has 0 radical (unpaired) electrons. The molecule has 0 amide bonds. The molecule has 0 atom stereocenters. The Balaban J connectivity index is 1.48. The third kappa shape index (κ3) is 2.85. The van der Waals surface area contributed by atoms with Crippen LogP contribution in [0.3, 0.4) is 0 Å². The van der Waals surface area contributed by atoms with Gasteiger partial charge in [-0.2, -0.15) is 0 Å². The fraction of sp³-hybridized carbons (Fsp3) is 0.500. The number of nitrogens with zero attached hydrogens (tertiary/aromatic N) is 6. The maximum atomic E-state index is 4.60. The topological polar surface area (TPSA) is 69.4 Å². The molecular formula is C14H16N6S2. The Hall–Kier alpha value is -1.54. The van der Waals surface area contributed by atoms with E-state index in [2.05, 4.69) is 25.5 Å². The van der Waals surface area contributed by atoms with Gasteiger partial charge in [-0.15, -0.1) is 5.10 Å². The Labute approximate surface area is 136 Å². The first-order valence-corrected chi connectivity index (χ1v) is 9.31. The molecule has 1 aliphatic carbocycles. The van der Waals surface area contributed by atoms with Crippen LogP contribution in [0.1, 0.15) is 44.0 Å². The smallest absolute Gasteiger partial charge is 0.161 e. The van der Waals surface area contributed by atoms with Crippen LogP contribution in [0, 0.1) is 0 Å². The van der Waals surface area contributed by atoms with E-state index in [1.165, 1.54) is 32.1 Å². The molecular weight excluding hydrogens is 316 g/mol. The molecule has 0 saturated heterocycles. The number of thiazole rings is 1. The van der Waals surface area contributed by atoms with E-state index in [9.17, 15) is 0 Å². The Morgan fingerprint density at radius 2 is 2.18 bits per heavy atom. The zero-order valence-corrected chi connectivity index (χ0v) is 13.7. The minimum absolute atomic E-state index is 0.469. The summed E-state index contributed by atoms with van der Waals surface area (Å²) in [6.45, 7) is 0. The third-order valence-corrected chi connectivity index (χ3v) is 6.07. The average Bonchev–Trinajstić information content (AvgIpc) is 3.20. The van der Waals surface area contributed by atoms with Crippen molar-refractivity contribution in [2.24, 2.45) is 0 Å². The van der Waals surface area contributed by atoms with Crippen molar-refractivity contribution in [3.63, 3.8) is 0 Å². The SMILES string of the molecule is c1cnc2sc(SCc3nnnn3C3CCCCC3)nc2c1. The van der Waals surface area contributed by atoms with E-state index in [1.807, 2.05) is 16.8 Å². The molecule has 0 bridgehead atoms. The fourth-order valence-electron chi connectivity index (χ4n) is 2.85. The Bertz CT molecular complexity index is 728. The van der Waals surface area contributed by atoms with Crippen LogP contribution < -0.4 is 0 Å². The number of rotatable bonds is 4. The zero-order chi connectivity index (χ0) is 14.8. The summed E-state index contributed by atoms with van der Waals surface area (Å²) in [4.78, 5) is 9.91. The van der Waals surface area contributed by atoms with Crippen LogP contribution in [0.4, 0.5) is 0 Å². The molecule has 0 aromatic carbocycles. The number of thioether (sulfide) groups is 1. The maximum Gasteiger partial charge on any atom is 0.161 e. The first-order valence-electron chi connectivity index (χ1n) is 7.51. The van der Waals surface area contributed by atoms with Gasteiger partial charge in [0.25, 0.3) is 0 Å². The van der Waals surface area contributed by atoms with Gasteiger partial charge in [0.2, 0.25) is 0 Å². The highest BCUT2D eigenvalue weighted by Gasteiger charge is 2.20. The number of hydrogen-bond donors (Lipinski definition) is 0. The molecule has 0 aliphatic heterocycles. The summed E-state index contributed by atoms with van der Waals surface area (Å²) in [6, 6.07) is 4.38. The van der Waals surface area contributed by atoms with Gasteiger partial charge in [0.15, 0.2) is 10.2 Å². The lowest BCUT2D eigenvalue weighted by Gasteiger charge is -2.22. The van der Waals surface area contributed by atoms with E-state index in [-0.39, 0.29) is 0 Å². The maximum absolute atomic E-state index is 4.60. The second-order valence-corrected chi connectivity index (χ2v) is 7.63. The van der Waals surface area contributed by atoms with Crippen molar-refractivity contribution in [1.29, 1.82) is 0 Å². The molecule has 0 spiro atoms. The summed E-state index contributed by atoms with van der Waals surface area (Å²) in [5.74, 6) is 1.70. The van der Waals surface area contributed by atoms with E-state index in [0.29, 0.717) is 6.04 Å². The lowest BCUT2D eigenvalue weighted by atomic mass is 9.96. The summed E-state index contributed by atoms with van der Waals surface area (Å²) < 4.78 is 3.05. The summed E-state index contributed by atoms with van der Waals surface area (Å²) >= 11 is 3.31. The van der Waals surface area contributed by atoms with Gasteiger partial charge in [-0.25, -0.2) is 14.6 Å². The fourth-order valence-corrected chi connectivity index (χ4v) is 4.75. The van der Waals surface area contributed by atoms with Crippen LogP contribution in [0.2, 0.25) is 0 Å². The molecule has 8 heteroatoms. The number of aromatic nitrogens is 6. The van der Waals surface area contributed by atoms with Gasteiger partial charge in [0, 0.05) is 6.20 Å². The minimum Gasteiger partial charge on any atom is -0.244 e. The normalized spacial score (nSPS) is 16.4. The molecule has 0 unspecified atom stereocenters. The standard InChI is InChI=1S/C14H16N6S2/c1-2-5-10(6-3-1)20-12(17-18-19-20)9-21-14-16-11-7-4-8-15-13(11)22-14/h4,7-8,10H,1-3,5-6,9H2. The largest absolute Gasteiger partial charge is 0.244 e. The van der Waals surface area contributed by atoms with E-state index < -0.39 is 0 Å². The molecule has 3 heterocycles. The van der Waals surface area contributed by atoms with Gasteiger partial charge in [-0.3, -0.25) is 0 Å². The van der Waals surface area contributed by atoms with Crippen LogP contribution >= 0.6 is 23.1 Å². The molecule has 1 saturated carbocycles. The van der Waals surface area contributed by atoms with Crippen molar-refractivity contribution in [3.8, 4) is 0 Å². The van der Waals surface area contributed by atoms with Crippen LogP contribution in [0.15, 0.2) is 22.7 Å². The summed E-state index contributed by atoms with van der Waals surface area (Å²) in [5.41, 5.74) is 0.960. The number of hydrogen-bond acceptors (Lipinski definition) is 7. The van der Waals surface area contributed by atoms with Crippen LogP contribution in [-0.2, 0) is 5.75 Å². The van der Waals surface area contributed by atoms with Crippen molar-refractivity contribution in [3.05, 3.63) is 24.2 Å². The van der Waals surface area contributed by atoms with Gasteiger partial charge in [0.1, 0.15) is 10.3 Å². The summed E-state index contributed by atoms with van der Waals surface area (Å²) in [6.07, 6.45) is 8.07. The third-order valence-electron chi connectivity index (χ3n) is 3.95. The van der Waals surface area contributed by atoms with Gasteiger partial charge in [0.05, 0.1) is 11.8 Å². The quantitative estimate of drug-likeness (QED) is 0.681. The molecule has 1 aliphatic rings. The Morgan fingerprint density at radius 3 is 3.05 bits per heavy atom. The zero-order valence-electron chi connectivity index (χ0n) is 12.1. The van der Waals surface area contributed by atoms with Crippen molar-refractivity contribution in [2.75, 3.05) is 0 Å². The Morgan fingerprint density at radius 1 is 1.27 bits per heavy atom. The van der Waals surface area contributed by atoms with E-state index in [0.717, 1.165) is 26.3 Å². The molecule has 114 valence electrons. The van der Waals surface area contributed by atoms with E-state index in [4.69, 9.17) is 0 Å². The number of tetrazole rings is 1. The first kappa shape index (κ1) is 14.1. The molecule has 22 heavy (non-hydrogen) atoms.